The molecule has 0 unspecified atom stereocenters. The van der Waals surface area contributed by atoms with Crippen molar-refractivity contribution in [1.82, 2.24) is 9.88 Å². The zero-order chi connectivity index (χ0) is 26.7. The van der Waals surface area contributed by atoms with Gasteiger partial charge in [0.1, 0.15) is 5.41 Å². The maximum absolute atomic E-state index is 13.4. The third-order valence-corrected chi connectivity index (χ3v) is 9.33. The quantitative estimate of drug-likeness (QED) is 0.231. The predicted octanol–water partition coefficient (Wildman–Crippen LogP) is 7.01. The van der Waals surface area contributed by atoms with Crippen LogP contribution in [-0.2, 0) is 4.79 Å². The number of carbonyl (C=O) groups is 1. The van der Waals surface area contributed by atoms with Gasteiger partial charge in [-0.2, -0.15) is 5.26 Å². The molecule has 2 aliphatic rings. The first-order valence-corrected chi connectivity index (χ1v) is 15.1. The van der Waals surface area contributed by atoms with Crippen molar-refractivity contribution < 1.29 is 4.79 Å². The number of nitrogens with one attached hydrogen (secondary N) is 1. The largest absolute Gasteiger partial charge is 0.361 e. The van der Waals surface area contributed by atoms with E-state index in [1.54, 1.807) is 5.57 Å². The molecule has 37 heavy (non-hydrogen) atoms. The molecule has 1 aliphatic carbocycles. The normalized spacial score (nSPS) is 24.7. The Hall–Kier alpha value is -2.28. The smallest absolute Gasteiger partial charge is 0.243 e. The number of carbonyl (C=O) groups excluding carboxylic acids is 1. The molecule has 204 valence electrons. The first kappa shape index (κ1) is 29.3. The molecular weight excluding hydrogens is 454 g/mol. The fourth-order valence-corrected chi connectivity index (χ4v) is 6.64. The van der Waals surface area contributed by atoms with Gasteiger partial charge < -0.3 is 9.88 Å². The molecule has 4 nitrogen and oxygen atoms in total. The molecule has 1 aromatic heterocycles. The summed E-state index contributed by atoms with van der Waals surface area (Å²) in [6.07, 6.45) is 24.0. The van der Waals surface area contributed by atoms with Crippen molar-refractivity contribution in [2.24, 2.45) is 16.7 Å². The third-order valence-electron chi connectivity index (χ3n) is 9.33. The van der Waals surface area contributed by atoms with Crippen LogP contribution in [0.4, 0.5) is 0 Å². The minimum atomic E-state index is -0.742. The first-order chi connectivity index (χ1) is 17.9. The number of H-pyrrole nitrogens is 1. The van der Waals surface area contributed by atoms with E-state index in [0.29, 0.717) is 5.92 Å². The van der Waals surface area contributed by atoms with E-state index >= 15 is 0 Å². The van der Waals surface area contributed by atoms with Gasteiger partial charge in [0.2, 0.25) is 5.91 Å². The predicted molar refractivity (Wildman–Crippen MR) is 155 cm³/mol. The number of likely N-dealkylation sites (tertiary alicyclic amines) is 1. The Balaban J connectivity index is 1.58. The van der Waals surface area contributed by atoms with Crippen LogP contribution in [0.1, 0.15) is 118 Å². The van der Waals surface area contributed by atoms with Gasteiger partial charge in [-0.1, -0.05) is 76.7 Å². The number of nitrogens with zero attached hydrogens (tertiary/aromatic N) is 2. The van der Waals surface area contributed by atoms with Crippen molar-refractivity contribution in [3.05, 3.63) is 35.0 Å². The van der Waals surface area contributed by atoms with Gasteiger partial charge in [-0.25, -0.2) is 0 Å². The molecule has 1 aromatic rings. The molecule has 4 heteroatoms. The lowest BCUT2D eigenvalue weighted by Crippen LogP contribution is -2.41. The van der Waals surface area contributed by atoms with Crippen LogP contribution in [0, 0.1) is 28.1 Å². The molecule has 1 amide bonds. The van der Waals surface area contributed by atoms with Crippen LogP contribution in [-0.4, -0.2) is 28.9 Å². The fraction of sp³-hybridized carbons (Fsp3) is 0.697. The van der Waals surface area contributed by atoms with Gasteiger partial charge in [0.05, 0.1) is 6.07 Å². The standard InChI is InChI=1S/C33H51N3O/c1-5-8-11-16-27(29-20-23-35-30(29)19-9-6-2)17-12-10-13-18-28-24-36(26-32(28,4)7-3)31(37)33(25-34)21-14-15-22-33/h5,8,19-20,23,28,35H,6-7,9-18,21-22,24,26H2,1-4H3/b8-5-,29-27+,30-19-/t28-,32+/m1/s1. The zero-order valence-corrected chi connectivity index (χ0v) is 24.1. The summed E-state index contributed by atoms with van der Waals surface area (Å²) < 4.78 is 0. The van der Waals surface area contributed by atoms with Crippen LogP contribution >= 0.6 is 0 Å². The molecule has 0 spiro atoms. The molecule has 0 bridgehead atoms. The van der Waals surface area contributed by atoms with E-state index in [-0.39, 0.29) is 11.3 Å². The average molecular weight is 506 g/mol. The molecule has 1 aliphatic heterocycles. The molecule has 1 N–H and O–H groups in total. The summed E-state index contributed by atoms with van der Waals surface area (Å²) in [6, 6.07) is 4.69. The van der Waals surface area contributed by atoms with Crippen LogP contribution in [0.2, 0.25) is 0 Å². The van der Waals surface area contributed by atoms with E-state index in [1.165, 1.54) is 42.7 Å². The summed E-state index contributed by atoms with van der Waals surface area (Å²) in [5, 5.41) is 12.5. The van der Waals surface area contributed by atoms with Crippen LogP contribution in [0.5, 0.6) is 0 Å². The monoisotopic (exact) mass is 505 g/mol. The molecule has 0 radical (unpaired) electrons. The van der Waals surface area contributed by atoms with Gasteiger partial charge in [0.25, 0.3) is 0 Å². The number of amides is 1. The zero-order valence-electron chi connectivity index (χ0n) is 24.1. The highest BCUT2D eigenvalue weighted by Crippen LogP contribution is 2.45. The van der Waals surface area contributed by atoms with Crippen molar-refractivity contribution in [2.75, 3.05) is 13.1 Å². The van der Waals surface area contributed by atoms with Gasteiger partial charge in [-0.15, -0.1) is 0 Å². The number of nitriles is 1. The lowest BCUT2D eigenvalue weighted by molar-refractivity contribution is -0.138. The highest BCUT2D eigenvalue weighted by atomic mass is 16.2. The van der Waals surface area contributed by atoms with Crippen LogP contribution in [0.3, 0.4) is 0 Å². The highest BCUT2D eigenvalue weighted by Gasteiger charge is 2.49. The van der Waals surface area contributed by atoms with E-state index in [2.05, 4.69) is 74.1 Å². The molecule has 1 saturated carbocycles. The first-order valence-electron chi connectivity index (χ1n) is 15.1. The van der Waals surface area contributed by atoms with Crippen molar-refractivity contribution in [3.63, 3.8) is 0 Å². The van der Waals surface area contributed by atoms with Crippen LogP contribution in [0.15, 0.2) is 24.4 Å². The maximum atomic E-state index is 13.4. The van der Waals surface area contributed by atoms with E-state index in [0.717, 1.165) is 70.9 Å². The van der Waals surface area contributed by atoms with Gasteiger partial charge in [0.15, 0.2) is 0 Å². The number of rotatable bonds is 13. The topological polar surface area (TPSA) is 59.9 Å². The molecule has 1 saturated heterocycles. The lowest BCUT2D eigenvalue weighted by Gasteiger charge is -2.30. The highest BCUT2D eigenvalue weighted by molar-refractivity contribution is 5.86. The van der Waals surface area contributed by atoms with E-state index < -0.39 is 5.41 Å². The molecule has 2 fully saturated rings. The van der Waals surface area contributed by atoms with E-state index in [4.69, 9.17) is 0 Å². The Morgan fingerprint density at radius 3 is 2.65 bits per heavy atom. The number of allylic oxidation sites excluding steroid dienone is 2. The Bertz CT molecular complexity index is 1050. The van der Waals surface area contributed by atoms with Crippen LogP contribution < -0.4 is 10.6 Å². The van der Waals surface area contributed by atoms with Gasteiger partial charge in [0, 0.05) is 24.6 Å². The van der Waals surface area contributed by atoms with E-state index in [1.807, 2.05) is 0 Å². The van der Waals surface area contributed by atoms with Crippen molar-refractivity contribution in [2.45, 2.75) is 118 Å². The Morgan fingerprint density at radius 1 is 1.19 bits per heavy atom. The summed E-state index contributed by atoms with van der Waals surface area (Å²) in [7, 11) is 0. The SMILES string of the molecule is C/C=C\CC/C(CCCCC[C@@H]1CN(C(=O)C2(C#N)CCCC2)C[C@]1(C)CC)=c1/cc[nH]/c1=C\CCC. The second kappa shape index (κ2) is 14.0. The second-order valence-corrected chi connectivity index (χ2v) is 11.9. The fourth-order valence-electron chi connectivity index (χ4n) is 6.64. The molecule has 2 atom stereocenters. The van der Waals surface area contributed by atoms with Gasteiger partial charge in [-0.3, -0.25) is 4.79 Å². The number of hydrogen-bond acceptors (Lipinski definition) is 2. The molecule has 0 aromatic carbocycles. The van der Waals surface area contributed by atoms with Crippen LogP contribution in [0.25, 0.3) is 11.6 Å². The summed E-state index contributed by atoms with van der Waals surface area (Å²) in [4.78, 5) is 18.9. The minimum absolute atomic E-state index is 0.122. The average Bonchev–Trinajstić information content (AvgIpc) is 3.65. The van der Waals surface area contributed by atoms with Crippen molar-refractivity contribution >= 4 is 17.6 Å². The Kier molecular flexibility index (Phi) is 11.1. The van der Waals surface area contributed by atoms with E-state index in [9.17, 15) is 10.1 Å². The second-order valence-electron chi connectivity index (χ2n) is 11.9. The number of aromatic nitrogens is 1. The summed E-state index contributed by atoms with van der Waals surface area (Å²) >= 11 is 0. The van der Waals surface area contributed by atoms with Gasteiger partial charge in [-0.05, 0) is 87.3 Å². The Morgan fingerprint density at radius 2 is 1.97 bits per heavy atom. The lowest BCUT2D eigenvalue weighted by atomic mass is 9.75. The molecule has 2 heterocycles. The number of aromatic amines is 1. The third kappa shape index (κ3) is 7.18. The summed E-state index contributed by atoms with van der Waals surface area (Å²) in [5.41, 5.74) is 1.01. The summed E-state index contributed by atoms with van der Waals surface area (Å²) in [5.74, 6) is 0.661. The molecule has 3 rings (SSSR count). The molecular formula is C33H51N3O. The summed E-state index contributed by atoms with van der Waals surface area (Å²) in [6.45, 7) is 10.6. The minimum Gasteiger partial charge on any atom is -0.361 e. The maximum Gasteiger partial charge on any atom is 0.243 e. The van der Waals surface area contributed by atoms with Crippen molar-refractivity contribution in [1.29, 1.82) is 5.26 Å². The number of unbranched alkanes of at least 4 members (excludes halogenated alkanes) is 3. The Labute approximate surface area is 225 Å². The van der Waals surface area contributed by atoms with Crippen molar-refractivity contribution in [3.8, 4) is 6.07 Å². The van der Waals surface area contributed by atoms with Gasteiger partial charge >= 0.3 is 0 Å². The number of hydrogen-bond donors (Lipinski definition) is 1.